The lowest BCUT2D eigenvalue weighted by atomic mass is 9.95. The number of carboxylic acids is 1. The molecule has 4 aromatic rings. The molecule has 4 aromatic carbocycles. The lowest BCUT2D eigenvalue weighted by Crippen LogP contribution is -2.29. The Morgan fingerprint density at radius 3 is 2.10 bits per heavy atom. The SMILES string of the molecule is O=C1C(=O)N(c2ccccc2)C(c2ccc(Cl)cc2)C1=C(O)c1cccc(NC(=O)c2ccccc2C(=O)O)c1. The predicted molar refractivity (Wildman–Crippen MR) is 150 cm³/mol. The Labute approximate surface area is 233 Å². The molecule has 0 aromatic heterocycles. The number of rotatable bonds is 6. The molecule has 1 unspecified atom stereocenters. The van der Waals surface area contributed by atoms with Gasteiger partial charge in [0.15, 0.2) is 0 Å². The van der Waals surface area contributed by atoms with Crippen LogP contribution >= 0.6 is 11.6 Å². The third kappa shape index (κ3) is 4.95. The number of aromatic carboxylic acids is 1. The number of carbonyl (C=O) groups is 4. The number of aliphatic hydroxyl groups is 1. The number of ketones is 1. The molecule has 1 aliphatic heterocycles. The Morgan fingerprint density at radius 1 is 0.775 bits per heavy atom. The zero-order chi connectivity index (χ0) is 28.4. The van der Waals surface area contributed by atoms with Gasteiger partial charge in [0.05, 0.1) is 22.7 Å². The molecule has 1 saturated heterocycles. The lowest BCUT2D eigenvalue weighted by Gasteiger charge is -2.25. The molecule has 1 fully saturated rings. The van der Waals surface area contributed by atoms with E-state index in [2.05, 4.69) is 5.32 Å². The number of carbonyl (C=O) groups excluding carboxylic acids is 3. The van der Waals surface area contributed by atoms with Crippen LogP contribution in [0.1, 0.15) is 37.9 Å². The number of amides is 2. The van der Waals surface area contributed by atoms with Crippen molar-refractivity contribution in [1.82, 2.24) is 0 Å². The maximum atomic E-state index is 13.3. The molecule has 0 saturated carbocycles. The maximum absolute atomic E-state index is 13.3. The standard InChI is InChI=1S/C31H21ClN2O6/c32-20-15-13-18(14-16-20)26-25(28(36)30(38)34(26)22-9-2-1-3-10-22)27(35)19-7-6-8-21(17-19)33-29(37)23-11-4-5-12-24(23)31(39)40/h1-17,26,35H,(H,33,37)(H,39,40). The Morgan fingerprint density at radius 2 is 1.43 bits per heavy atom. The van der Waals surface area contributed by atoms with Crippen LogP contribution in [0.5, 0.6) is 0 Å². The topological polar surface area (TPSA) is 124 Å². The van der Waals surface area contributed by atoms with E-state index in [0.717, 1.165) is 0 Å². The van der Waals surface area contributed by atoms with Crippen molar-refractivity contribution in [1.29, 1.82) is 0 Å². The van der Waals surface area contributed by atoms with Crippen molar-refractivity contribution in [2.24, 2.45) is 0 Å². The number of para-hydroxylation sites is 1. The smallest absolute Gasteiger partial charge is 0.336 e. The van der Waals surface area contributed by atoms with Crippen molar-refractivity contribution in [3.05, 3.63) is 136 Å². The number of halogens is 1. The fourth-order valence-electron chi connectivity index (χ4n) is 4.61. The maximum Gasteiger partial charge on any atom is 0.336 e. The molecule has 40 heavy (non-hydrogen) atoms. The van der Waals surface area contributed by atoms with E-state index in [4.69, 9.17) is 11.6 Å². The highest BCUT2D eigenvalue weighted by Crippen LogP contribution is 2.42. The Kier molecular flexibility index (Phi) is 7.18. The summed E-state index contributed by atoms with van der Waals surface area (Å²) in [6.45, 7) is 0. The third-order valence-corrected chi connectivity index (χ3v) is 6.71. The average molecular weight is 553 g/mol. The number of hydrogen-bond donors (Lipinski definition) is 3. The van der Waals surface area contributed by atoms with Gasteiger partial charge < -0.3 is 15.5 Å². The van der Waals surface area contributed by atoms with Gasteiger partial charge in [-0.25, -0.2) is 4.79 Å². The fourth-order valence-corrected chi connectivity index (χ4v) is 4.74. The van der Waals surface area contributed by atoms with Crippen LogP contribution in [0.4, 0.5) is 11.4 Å². The minimum absolute atomic E-state index is 0.0409. The van der Waals surface area contributed by atoms with Crippen LogP contribution in [0.2, 0.25) is 5.02 Å². The van der Waals surface area contributed by atoms with E-state index in [9.17, 15) is 29.4 Å². The highest BCUT2D eigenvalue weighted by molar-refractivity contribution is 6.51. The van der Waals surface area contributed by atoms with E-state index in [1.807, 2.05) is 0 Å². The largest absolute Gasteiger partial charge is 0.507 e. The van der Waals surface area contributed by atoms with Gasteiger partial charge in [-0.1, -0.05) is 66.2 Å². The van der Waals surface area contributed by atoms with Crippen LogP contribution in [0.15, 0.2) is 109 Å². The first-order valence-corrected chi connectivity index (χ1v) is 12.5. The van der Waals surface area contributed by atoms with Crippen molar-refractivity contribution in [3.8, 4) is 0 Å². The molecule has 198 valence electrons. The molecular formula is C31H21ClN2O6. The Balaban J connectivity index is 1.57. The summed E-state index contributed by atoms with van der Waals surface area (Å²) in [7, 11) is 0. The Bertz CT molecular complexity index is 1680. The molecule has 1 aliphatic rings. The van der Waals surface area contributed by atoms with Crippen molar-refractivity contribution >= 4 is 52.3 Å². The number of carboxylic acid groups (broad SMARTS) is 1. The summed E-state index contributed by atoms with van der Waals surface area (Å²) in [6, 6.07) is 26.2. The van der Waals surface area contributed by atoms with Gasteiger partial charge in [0, 0.05) is 22.0 Å². The van der Waals surface area contributed by atoms with Gasteiger partial charge in [-0.05, 0) is 54.1 Å². The molecule has 0 bridgehead atoms. The summed E-state index contributed by atoms with van der Waals surface area (Å²) in [5.74, 6) is -4.02. The van der Waals surface area contributed by atoms with E-state index in [-0.39, 0.29) is 28.0 Å². The number of nitrogens with one attached hydrogen (secondary N) is 1. The van der Waals surface area contributed by atoms with Crippen LogP contribution < -0.4 is 10.2 Å². The van der Waals surface area contributed by atoms with E-state index in [0.29, 0.717) is 16.3 Å². The first-order valence-electron chi connectivity index (χ1n) is 12.1. The van der Waals surface area contributed by atoms with Gasteiger partial charge in [0.2, 0.25) is 0 Å². The van der Waals surface area contributed by atoms with Crippen LogP contribution in [-0.4, -0.2) is 33.8 Å². The lowest BCUT2D eigenvalue weighted by molar-refractivity contribution is -0.132. The van der Waals surface area contributed by atoms with Crippen LogP contribution in [0.3, 0.4) is 0 Å². The number of nitrogens with zero attached hydrogens (tertiary/aromatic N) is 1. The molecule has 1 atom stereocenters. The molecule has 0 spiro atoms. The Hall–Kier alpha value is -5.21. The van der Waals surface area contributed by atoms with Crippen LogP contribution in [0.25, 0.3) is 5.76 Å². The van der Waals surface area contributed by atoms with Crippen molar-refractivity contribution in [2.75, 3.05) is 10.2 Å². The highest BCUT2D eigenvalue weighted by Gasteiger charge is 2.46. The molecule has 0 radical (unpaired) electrons. The molecule has 8 nitrogen and oxygen atoms in total. The number of benzene rings is 4. The second-order valence-corrected chi connectivity index (χ2v) is 9.38. The molecule has 5 rings (SSSR count). The van der Waals surface area contributed by atoms with E-state index < -0.39 is 35.4 Å². The van der Waals surface area contributed by atoms with E-state index >= 15 is 0 Å². The van der Waals surface area contributed by atoms with E-state index in [1.54, 1.807) is 72.8 Å². The zero-order valence-electron chi connectivity index (χ0n) is 20.7. The predicted octanol–water partition coefficient (Wildman–Crippen LogP) is 5.92. The number of Topliss-reactive ketones (excluding diaryl/α,β-unsaturated/α-hetero) is 1. The summed E-state index contributed by atoms with van der Waals surface area (Å²) in [5, 5.41) is 23.9. The normalized spacial score (nSPS) is 16.1. The quantitative estimate of drug-likeness (QED) is 0.155. The summed E-state index contributed by atoms with van der Waals surface area (Å²) in [4.78, 5) is 52.3. The monoisotopic (exact) mass is 552 g/mol. The molecule has 9 heteroatoms. The van der Waals surface area contributed by atoms with Crippen LogP contribution in [0, 0.1) is 0 Å². The van der Waals surface area contributed by atoms with Gasteiger partial charge in [-0.2, -0.15) is 0 Å². The van der Waals surface area contributed by atoms with Crippen molar-refractivity contribution in [2.45, 2.75) is 6.04 Å². The van der Waals surface area contributed by atoms with Gasteiger partial charge >= 0.3 is 5.97 Å². The van der Waals surface area contributed by atoms with Gasteiger partial charge in [-0.3, -0.25) is 19.3 Å². The molecule has 2 amide bonds. The highest BCUT2D eigenvalue weighted by atomic mass is 35.5. The third-order valence-electron chi connectivity index (χ3n) is 6.46. The van der Waals surface area contributed by atoms with Gasteiger partial charge in [0.1, 0.15) is 5.76 Å². The van der Waals surface area contributed by atoms with Crippen LogP contribution in [-0.2, 0) is 9.59 Å². The van der Waals surface area contributed by atoms with Gasteiger partial charge in [-0.15, -0.1) is 0 Å². The molecule has 1 heterocycles. The molecular weight excluding hydrogens is 532 g/mol. The number of hydrogen-bond acceptors (Lipinski definition) is 5. The first kappa shape index (κ1) is 26.4. The summed E-state index contributed by atoms with van der Waals surface area (Å²) >= 11 is 6.08. The molecule has 0 aliphatic carbocycles. The summed E-state index contributed by atoms with van der Waals surface area (Å²) < 4.78 is 0. The minimum atomic E-state index is -1.25. The van der Waals surface area contributed by atoms with Crippen molar-refractivity contribution < 1.29 is 29.4 Å². The van der Waals surface area contributed by atoms with Gasteiger partial charge in [0.25, 0.3) is 17.6 Å². The average Bonchev–Trinajstić information content (AvgIpc) is 3.23. The number of aliphatic hydroxyl groups excluding tert-OH is 1. The summed E-state index contributed by atoms with van der Waals surface area (Å²) in [5.41, 5.74) is 1.12. The minimum Gasteiger partial charge on any atom is -0.507 e. The first-order chi connectivity index (χ1) is 19.3. The fraction of sp³-hybridized carbons (Fsp3) is 0.0323. The van der Waals surface area contributed by atoms with E-state index in [1.165, 1.54) is 35.2 Å². The second kappa shape index (κ2) is 10.9. The second-order valence-electron chi connectivity index (χ2n) is 8.94. The zero-order valence-corrected chi connectivity index (χ0v) is 21.5. The summed E-state index contributed by atoms with van der Waals surface area (Å²) in [6.07, 6.45) is 0. The van der Waals surface area contributed by atoms with Crippen molar-refractivity contribution in [3.63, 3.8) is 0 Å². The number of anilines is 2. The molecule has 3 N–H and O–H groups in total.